The standard InChI is InChI=1S/C46H83N4O12PS/c1-2-3-4-5-6-7-8-9-10-11-12-13-17-20-23-30-42(52)59-32-36(33-60-63(57,58)61-34-38(48)45(54)55)62-43(53)31-24-21-18-15-14-16-19-22-27-37(47)40(51)28-25-26-29-41-44-39(35-64-41)49-46(56)50-44/h9-10,36-39,41,44H,2-8,11-35,47-48H2,1H3,(H,54,55)(H,57,58)(H2,49,50,56)/b10-9-/t36-,37?,38+,39+,41+,44+/m1/s1. The van der Waals surface area contributed by atoms with Crippen LogP contribution < -0.4 is 22.1 Å². The largest absolute Gasteiger partial charge is 0.480 e. The second kappa shape index (κ2) is 35.6. The van der Waals surface area contributed by atoms with Gasteiger partial charge in [-0.05, 0) is 57.8 Å². The number of nitrogens with one attached hydrogen (secondary N) is 2. The maximum atomic E-state index is 12.7. The number of carbonyl (C=O) groups is 5. The fraction of sp³-hybridized carbons (Fsp3) is 0.848. The van der Waals surface area contributed by atoms with Gasteiger partial charge in [-0.3, -0.25) is 28.2 Å². The molecule has 370 valence electrons. The summed E-state index contributed by atoms with van der Waals surface area (Å²) in [5.41, 5.74) is 11.5. The summed E-state index contributed by atoms with van der Waals surface area (Å²) >= 11 is 1.89. The van der Waals surface area contributed by atoms with Crippen LogP contribution in [0.4, 0.5) is 4.79 Å². The number of carboxylic acid groups (broad SMARTS) is 1. The second-order valence-corrected chi connectivity index (χ2v) is 20.2. The van der Waals surface area contributed by atoms with E-state index in [1.807, 2.05) is 11.8 Å². The molecule has 0 spiro atoms. The zero-order valence-electron chi connectivity index (χ0n) is 38.7. The fourth-order valence-electron chi connectivity index (χ4n) is 7.75. The van der Waals surface area contributed by atoms with E-state index in [2.05, 4.69) is 34.2 Å². The van der Waals surface area contributed by atoms with E-state index in [9.17, 15) is 33.4 Å². The lowest BCUT2D eigenvalue weighted by atomic mass is 9.98. The Morgan fingerprint density at radius 2 is 1.27 bits per heavy atom. The number of phosphoric acid groups is 1. The number of carbonyl (C=O) groups excluding carboxylic acids is 4. The molecule has 2 unspecified atom stereocenters. The highest BCUT2D eigenvalue weighted by Gasteiger charge is 2.42. The van der Waals surface area contributed by atoms with Crippen LogP contribution in [0.5, 0.6) is 0 Å². The zero-order chi connectivity index (χ0) is 46.8. The molecule has 2 rings (SSSR count). The van der Waals surface area contributed by atoms with Gasteiger partial charge in [0.15, 0.2) is 6.10 Å². The molecule has 2 fully saturated rings. The van der Waals surface area contributed by atoms with Crippen molar-refractivity contribution in [1.82, 2.24) is 10.6 Å². The minimum Gasteiger partial charge on any atom is -0.480 e. The third kappa shape index (κ3) is 28.5. The molecule has 0 saturated carbocycles. The molecule has 0 aromatic carbocycles. The van der Waals surface area contributed by atoms with Crippen molar-refractivity contribution in [3.8, 4) is 0 Å². The maximum Gasteiger partial charge on any atom is 0.472 e. The molecule has 0 aromatic rings. The van der Waals surface area contributed by atoms with Gasteiger partial charge in [0.05, 0.1) is 31.3 Å². The number of rotatable bonds is 42. The van der Waals surface area contributed by atoms with Gasteiger partial charge in [0, 0.05) is 30.3 Å². The van der Waals surface area contributed by atoms with E-state index in [4.69, 9.17) is 30.6 Å². The maximum absolute atomic E-state index is 12.7. The summed E-state index contributed by atoms with van der Waals surface area (Å²) in [6.07, 6.45) is 29.6. The van der Waals surface area contributed by atoms with E-state index in [1.54, 1.807) is 0 Å². The number of Topliss-reactive ketones (excluding diaryl/α,β-unsaturated/α-hetero) is 1. The SMILES string of the molecule is CCCCCCCC/C=C\CCCCCCCC(=O)OC[C@H](COP(=O)(O)OC[C@H](N)C(=O)O)OC(=O)CCCCCCCCCCC(N)C(=O)CCCC[C@@H]1SC[C@@H]2NC(=O)N[C@@H]21. The smallest absolute Gasteiger partial charge is 0.472 e. The molecule has 64 heavy (non-hydrogen) atoms. The summed E-state index contributed by atoms with van der Waals surface area (Å²) in [6, 6.07) is -1.65. The van der Waals surface area contributed by atoms with Crippen LogP contribution in [-0.4, -0.2) is 101 Å². The topological polar surface area (TPSA) is 256 Å². The lowest BCUT2D eigenvalue weighted by Gasteiger charge is -2.20. The molecule has 18 heteroatoms. The number of hydrogen-bond acceptors (Lipinski definition) is 13. The zero-order valence-corrected chi connectivity index (χ0v) is 40.4. The van der Waals surface area contributed by atoms with Gasteiger partial charge in [0.25, 0.3) is 0 Å². The normalized spacial score (nSPS) is 19.4. The first-order valence-electron chi connectivity index (χ1n) is 24.4. The number of ether oxygens (including phenoxy) is 2. The molecular formula is C46H83N4O12PS. The van der Waals surface area contributed by atoms with Crippen molar-refractivity contribution in [3.63, 3.8) is 0 Å². The highest BCUT2D eigenvalue weighted by atomic mass is 32.2. The molecule has 2 saturated heterocycles. The van der Waals surface area contributed by atoms with Crippen LogP contribution in [-0.2, 0) is 42.3 Å². The molecule has 8 N–H and O–H groups in total. The first-order valence-corrected chi connectivity index (χ1v) is 26.9. The Balaban J connectivity index is 1.56. The van der Waals surface area contributed by atoms with Crippen molar-refractivity contribution >= 4 is 49.3 Å². The summed E-state index contributed by atoms with van der Waals surface area (Å²) in [6.45, 7) is 0.446. The van der Waals surface area contributed by atoms with E-state index >= 15 is 0 Å². The summed E-state index contributed by atoms with van der Waals surface area (Å²) in [4.78, 5) is 70.3. The number of unbranched alkanes of at least 4 members (excludes halogenated alkanes) is 19. The molecule has 2 aliphatic rings. The van der Waals surface area contributed by atoms with Crippen molar-refractivity contribution in [2.24, 2.45) is 11.5 Å². The first kappa shape index (κ1) is 57.6. The highest BCUT2D eigenvalue weighted by molar-refractivity contribution is 8.00. The number of allylic oxidation sites excluding steroid dienone is 2. The molecule has 7 atom stereocenters. The summed E-state index contributed by atoms with van der Waals surface area (Å²) < 4.78 is 32.8. The van der Waals surface area contributed by atoms with Crippen LogP contribution >= 0.6 is 19.6 Å². The molecule has 0 bridgehead atoms. The number of fused-ring (bicyclic) bond motifs is 1. The van der Waals surface area contributed by atoms with E-state index in [0.717, 1.165) is 108 Å². The van der Waals surface area contributed by atoms with Crippen molar-refractivity contribution in [1.29, 1.82) is 0 Å². The number of hydrogen-bond donors (Lipinski definition) is 6. The summed E-state index contributed by atoms with van der Waals surface area (Å²) in [5, 5.41) is 15.3. The predicted molar refractivity (Wildman–Crippen MR) is 251 cm³/mol. The molecule has 0 aromatic heterocycles. The van der Waals surface area contributed by atoms with Crippen LogP contribution in [0, 0.1) is 0 Å². The van der Waals surface area contributed by atoms with Crippen molar-refractivity contribution in [3.05, 3.63) is 12.2 Å². The van der Waals surface area contributed by atoms with E-state index in [0.29, 0.717) is 30.9 Å². The lowest BCUT2D eigenvalue weighted by molar-refractivity contribution is -0.161. The van der Waals surface area contributed by atoms with Gasteiger partial charge in [-0.25, -0.2) is 9.36 Å². The van der Waals surface area contributed by atoms with Crippen LogP contribution in [0.3, 0.4) is 0 Å². The fourth-order valence-corrected chi connectivity index (χ4v) is 10.1. The molecule has 2 aliphatic heterocycles. The van der Waals surface area contributed by atoms with Gasteiger partial charge in [0.1, 0.15) is 18.4 Å². The van der Waals surface area contributed by atoms with Gasteiger partial charge < -0.3 is 41.6 Å². The highest BCUT2D eigenvalue weighted by Crippen LogP contribution is 2.43. The molecule has 0 aliphatic carbocycles. The summed E-state index contributed by atoms with van der Waals surface area (Å²) in [5.74, 6) is -1.42. The van der Waals surface area contributed by atoms with Crippen molar-refractivity contribution in [2.45, 2.75) is 222 Å². The Hall–Kier alpha value is -2.53. The monoisotopic (exact) mass is 947 g/mol. The third-order valence-electron chi connectivity index (χ3n) is 11.7. The minimum absolute atomic E-state index is 0.0809. The molecular weight excluding hydrogens is 864 g/mol. The van der Waals surface area contributed by atoms with Crippen LogP contribution in [0.1, 0.15) is 187 Å². The Kier molecular flexibility index (Phi) is 32.1. The van der Waals surface area contributed by atoms with E-state index in [1.165, 1.54) is 38.5 Å². The quantitative estimate of drug-likeness (QED) is 0.0110. The van der Waals surface area contributed by atoms with Crippen molar-refractivity contribution in [2.75, 3.05) is 25.6 Å². The number of carboxylic acids is 1. The molecule has 0 radical (unpaired) electrons. The number of urea groups is 1. The molecule has 2 amide bonds. The van der Waals surface area contributed by atoms with Crippen LogP contribution in [0.25, 0.3) is 0 Å². The number of amides is 2. The average Bonchev–Trinajstić information content (AvgIpc) is 3.82. The van der Waals surface area contributed by atoms with Gasteiger partial charge >= 0.3 is 31.8 Å². The Bertz CT molecular complexity index is 1410. The first-order chi connectivity index (χ1) is 30.8. The molecule has 2 heterocycles. The number of ketones is 1. The third-order valence-corrected chi connectivity index (χ3v) is 14.1. The number of phosphoric ester groups is 1. The Labute approximate surface area is 387 Å². The van der Waals surface area contributed by atoms with Gasteiger partial charge in [-0.15, -0.1) is 0 Å². The van der Waals surface area contributed by atoms with Crippen LogP contribution in [0.15, 0.2) is 12.2 Å². The van der Waals surface area contributed by atoms with Gasteiger partial charge in [0.2, 0.25) is 0 Å². The van der Waals surface area contributed by atoms with Gasteiger partial charge in [-0.1, -0.05) is 122 Å². The van der Waals surface area contributed by atoms with E-state index in [-0.39, 0.29) is 43.3 Å². The van der Waals surface area contributed by atoms with Crippen molar-refractivity contribution < 1.29 is 57.1 Å². The Morgan fingerprint density at radius 3 is 1.89 bits per heavy atom. The number of nitrogens with two attached hydrogens (primary N) is 2. The van der Waals surface area contributed by atoms with Crippen LogP contribution in [0.2, 0.25) is 0 Å². The Morgan fingerprint density at radius 1 is 0.719 bits per heavy atom. The van der Waals surface area contributed by atoms with Gasteiger partial charge in [-0.2, -0.15) is 11.8 Å². The number of aliphatic carboxylic acids is 1. The lowest BCUT2D eigenvalue weighted by Crippen LogP contribution is -2.36. The minimum atomic E-state index is -4.76. The average molecular weight is 947 g/mol. The summed E-state index contributed by atoms with van der Waals surface area (Å²) in [7, 11) is -4.76. The number of thioether (sulfide) groups is 1. The van der Waals surface area contributed by atoms with E-state index < -0.39 is 57.1 Å². The molecule has 16 nitrogen and oxygen atoms in total. The predicted octanol–water partition coefficient (Wildman–Crippen LogP) is 8.55. The number of esters is 2. The second-order valence-electron chi connectivity index (χ2n) is 17.4.